The van der Waals surface area contributed by atoms with Crippen molar-refractivity contribution in [2.45, 2.75) is 13.5 Å². The number of aryl methyl sites for hydroxylation is 1. The Morgan fingerprint density at radius 3 is 2.75 bits per heavy atom. The van der Waals surface area contributed by atoms with E-state index < -0.39 is 0 Å². The molecule has 10 nitrogen and oxygen atoms in total. The van der Waals surface area contributed by atoms with E-state index in [0.29, 0.717) is 47.1 Å². The molecule has 0 aromatic carbocycles. The summed E-state index contributed by atoms with van der Waals surface area (Å²) in [6, 6.07) is 5.73. The van der Waals surface area contributed by atoms with Gasteiger partial charge in [-0.25, -0.2) is 9.97 Å². The van der Waals surface area contributed by atoms with Gasteiger partial charge in [0.25, 0.3) is 5.88 Å². The van der Waals surface area contributed by atoms with Gasteiger partial charge in [0, 0.05) is 25.1 Å². The minimum Gasteiger partial charge on any atom is -0.494 e. The van der Waals surface area contributed by atoms with Gasteiger partial charge in [0.05, 0.1) is 54.5 Å². The van der Waals surface area contributed by atoms with Gasteiger partial charge in [-0.15, -0.1) is 0 Å². The summed E-state index contributed by atoms with van der Waals surface area (Å²) in [6.07, 6.45) is 6.68. The largest absolute Gasteiger partial charge is 0.494 e. The van der Waals surface area contributed by atoms with Gasteiger partial charge in [0.15, 0.2) is 5.75 Å². The van der Waals surface area contributed by atoms with Crippen molar-refractivity contribution in [1.82, 2.24) is 24.3 Å². The molecule has 0 atom stereocenters. The molecule has 4 aromatic rings. The lowest BCUT2D eigenvalue weighted by atomic mass is 10.1. The minimum atomic E-state index is 0.0608. The van der Waals surface area contributed by atoms with Crippen molar-refractivity contribution in [3.05, 3.63) is 42.5 Å². The number of pyridine rings is 2. The smallest absolute Gasteiger partial charge is 0.257 e. The fraction of sp³-hybridized carbons (Fsp3) is 0.273. The van der Waals surface area contributed by atoms with E-state index in [-0.39, 0.29) is 12.4 Å². The van der Waals surface area contributed by atoms with Crippen molar-refractivity contribution in [2.24, 2.45) is 0 Å². The van der Waals surface area contributed by atoms with Gasteiger partial charge in [-0.3, -0.25) is 9.25 Å². The number of fused-ring (bicyclic) bond motifs is 1. The van der Waals surface area contributed by atoms with E-state index in [0.717, 1.165) is 11.1 Å². The molecule has 4 heterocycles. The van der Waals surface area contributed by atoms with E-state index >= 15 is 0 Å². The Bertz CT molecular complexity index is 1300. The molecule has 10 heteroatoms. The van der Waals surface area contributed by atoms with Gasteiger partial charge in [-0.05, 0) is 24.6 Å². The minimum absolute atomic E-state index is 0.0608. The zero-order valence-corrected chi connectivity index (χ0v) is 17.9. The van der Waals surface area contributed by atoms with Crippen LogP contribution in [0.4, 0.5) is 0 Å². The quantitative estimate of drug-likeness (QED) is 0.420. The maximum atomic E-state index is 10.8. The van der Waals surface area contributed by atoms with Crippen LogP contribution in [-0.4, -0.2) is 56.9 Å². The predicted molar refractivity (Wildman–Crippen MR) is 116 cm³/mol. The molecule has 0 aliphatic heterocycles. The SMILES string of the molecule is COCCOc1ncc(-c2cc(C)c3c(O)n(-c4cnn(CC#N)c4)cc3n2)cc1OC. The summed E-state index contributed by atoms with van der Waals surface area (Å²) >= 11 is 0. The van der Waals surface area contributed by atoms with Gasteiger partial charge >= 0.3 is 0 Å². The summed E-state index contributed by atoms with van der Waals surface area (Å²) in [4.78, 5) is 9.08. The van der Waals surface area contributed by atoms with Crippen LogP contribution in [-0.2, 0) is 11.3 Å². The normalized spacial score (nSPS) is 10.9. The van der Waals surface area contributed by atoms with Gasteiger partial charge in [-0.1, -0.05) is 0 Å². The van der Waals surface area contributed by atoms with E-state index in [2.05, 4.69) is 10.1 Å². The Morgan fingerprint density at radius 2 is 2.00 bits per heavy atom. The summed E-state index contributed by atoms with van der Waals surface area (Å²) in [5.41, 5.74) is 3.54. The third kappa shape index (κ3) is 3.93. The molecular formula is C22H22N6O4. The maximum absolute atomic E-state index is 10.8. The molecule has 0 fully saturated rings. The average Bonchev–Trinajstić information content (AvgIpc) is 3.38. The maximum Gasteiger partial charge on any atom is 0.257 e. The van der Waals surface area contributed by atoms with E-state index in [1.54, 1.807) is 43.6 Å². The number of hydrogen-bond acceptors (Lipinski definition) is 8. The number of methoxy groups -OCH3 is 2. The molecule has 0 saturated carbocycles. The highest BCUT2D eigenvalue weighted by Crippen LogP contribution is 2.35. The van der Waals surface area contributed by atoms with Crippen molar-refractivity contribution in [2.75, 3.05) is 27.4 Å². The molecule has 0 amide bonds. The number of hydrogen-bond donors (Lipinski definition) is 1. The molecule has 0 saturated heterocycles. The summed E-state index contributed by atoms with van der Waals surface area (Å²) in [5, 5.41) is 24.4. The predicted octanol–water partition coefficient (Wildman–Crippen LogP) is 2.86. The average molecular weight is 434 g/mol. The lowest BCUT2D eigenvalue weighted by Crippen LogP contribution is -2.06. The molecule has 0 aliphatic carbocycles. The molecule has 1 N–H and O–H groups in total. The lowest BCUT2D eigenvalue weighted by molar-refractivity contribution is 0.141. The van der Waals surface area contributed by atoms with Crippen molar-refractivity contribution >= 4 is 10.9 Å². The second-order valence-corrected chi connectivity index (χ2v) is 7.03. The molecule has 0 bridgehead atoms. The van der Waals surface area contributed by atoms with Crippen molar-refractivity contribution in [3.8, 4) is 40.5 Å². The van der Waals surface area contributed by atoms with Gasteiger partial charge < -0.3 is 19.3 Å². The first-order chi connectivity index (χ1) is 15.5. The molecule has 4 aromatic heterocycles. The standard InChI is InChI=1S/C22H22N6O4/c1-14-8-17(15-9-19(31-3)21(24-10-15)32-7-6-30-2)26-18-13-28(22(29)20(14)18)16-11-25-27(12-16)5-4-23/h8-13,29H,5-7H2,1-3H3. The van der Waals surface area contributed by atoms with Crippen molar-refractivity contribution in [3.63, 3.8) is 0 Å². The van der Waals surface area contributed by atoms with Gasteiger partial charge in [0.2, 0.25) is 5.88 Å². The van der Waals surface area contributed by atoms with Crippen LogP contribution in [0.1, 0.15) is 5.56 Å². The molecule has 0 aliphatic rings. The Labute approximate surface area is 184 Å². The van der Waals surface area contributed by atoms with Crippen LogP contribution in [0.25, 0.3) is 27.8 Å². The highest BCUT2D eigenvalue weighted by molar-refractivity contribution is 5.90. The monoisotopic (exact) mass is 434 g/mol. The van der Waals surface area contributed by atoms with Crippen LogP contribution >= 0.6 is 0 Å². The number of aromatic hydroxyl groups is 1. The zero-order chi connectivity index (χ0) is 22.7. The zero-order valence-electron chi connectivity index (χ0n) is 17.9. The molecule has 0 radical (unpaired) electrons. The highest BCUT2D eigenvalue weighted by atomic mass is 16.5. The number of nitrogens with zero attached hydrogens (tertiary/aromatic N) is 6. The van der Waals surface area contributed by atoms with E-state index in [1.165, 1.54) is 4.68 Å². The van der Waals surface area contributed by atoms with E-state index in [1.807, 2.05) is 25.1 Å². The molecule has 4 rings (SSSR count). The highest BCUT2D eigenvalue weighted by Gasteiger charge is 2.17. The lowest BCUT2D eigenvalue weighted by Gasteiger charge is -2.11. The van der Waals surface area contributed by atoms with Crippen LogP contribution in [0.3, 0.4) is 0 Å². The molecular weight excluding hydrogens is 412 g/mol. The fourth-order valence-corrected chi connectivity index (χ4v) is 3.41. The van der Waals surface area contributed by atoms with Gasteiger partial charge in [0.1, 0.15) is 13.2 Å². The van der Waals surface area contributed by atoms with E-state index in [9.17, 15) is 5.11 Å². The third-order valence-electron chi connectivity index (χ3n) is 4.94. The van der Waals surface area contributed by atoms with Crippen LogP contribution in [0.15, 0.2) is 36.9 Å². The second-order valence-electron chi connectivity index (χ2n) is 7.03. The molecule has 0 spiro atoms. The number of rotatable bonds is 8. The topological polar surface area (TPSA) is 120 Å². The van der Waals surface area contributed by atoms with Gasteiger partial charge in [-0.2, -0.15) is 10.4 Å². The summed E-state index contributed by atoms with van der Waals surface area (Å²) < 4.78 is 19.1. The van der Waals surface area contributed by atoms with E-state index in [4.69, 9.17) is 24.5 Å². The van der Waals surface area contributed by atoms with Crippen LogP contribution in [0.2, 0.25) is 0 Å². The van der Waals surface area contributed by atoms with Crippen molar-refractivity contribution < 1.29 is 19.3 Å². The van der Waals surface area contributed by atoms with Crippen LogP contribution in [0.5, 0.6) is 17.5 Å². The summed E-state index contributed by atoms with van der Waals surface area (Å²) in [7, 11) is 3.15. The Kier molecular flexibility index (Phi) is 5.91. The Hall–Kier alpha value is -4.10. The van der Waals surface area contributed by atoms with Crippen LogP contribution < -0.4 is 9.47 Å². The molecule has 0 unspecified atom stereocenters. The Morgan fingerprint density at radius 1 is 1.16 bits per heavy atom. The first-order valence-electron chi connectivity index (χ1n) is 9.83. The number of nitriles is 1. The van der Waals surface area contributed by atoms with Crippen molar-refractivity contribution in [1.29, 1.82) is 5.26 Å². The first-order valence-corrected chi connectivity index (χ1v) is 9.83. The first kappa shape index (κ1) is 21.1. The van der Waals surface area contributed by atoms with Crippen LogP contribution in [0, 0.1) is 18.3 Å². The molecule has 164 valence electrons. The number of aromatic nitrogens is 5. The summed E-state index contributed by atoms with van der Waals surface area (Å²) in [6.45, 7) is 2.84. The fourth-order valence-electron chi connectivity index (χ4n) is 3.41. The summed E-state index contributed by atoms with van der Waals surface area (Å²) in [5.74, 6) is 0.929. The number of ether oxygens (including phenoxy) is 3. The Balaban J connectivity index is 1.72. The molecule has 32 heavy (non-hydrogen) atoms. The third-order valence-corrected chi connectivity index (χ3v) is 4.94. The second kappa shape index (κ2) is 8.95.